The van der Waals surface area contributed by atoms with E-state index in [0.29, 0.717) is 0 Å². The van der Waals surface area contributed by atoms with E-state index in [2.05, 4.69) is 28.7 Å². The molecular weight excluding hydrogens is 218 g/mol. The zero-order chi connectivity index (χ0) is 12.4. The Bertz CT molecular complexity index is 465. The molecule has 1 aliphatic rings. The third-order valence-corrected chi connectivity index (χ3v) is 3.09. The minimum Gasteiger partial charge on any atom is -0.476 e. The summed E-state index contributed by atoms with van der Waals surface area (Å²) in [6.45, 7) is 6.00. The van der Waals surface area contributed by atoms with Crippen molar-refractivity contribution in [1.82, 2.24) is 9.97 Å². The van der Waals surface area contributed by atoms with Crippen LogP contribution in [0.5, 0.6) is 0 Å². The van der Waals surface area contributed by atoms with Crippen LogP contribution in [-0.2, 0) is 0 Å². The van der Waals surface area contributed by atoms with Crippen LogP contribution >= 0.6 is 0 Å². The first kappa shape index (κ1) is 11.6. The van der Waals surface area contributed by atoms with Crippen LogP contribution in [0, 0.1) is 0 Å². The third kappa shape index (κ3) is 2.43. The van der Waals surface area contributed by atoms with E-state index in [1.165, 1.54) is 23.5 Å². The molecule has 2 heterocycles. The maximum Gasteiger partial charge on any atom is 0.356 e. The number of aromatic carboxylic acids is 1. The summed E-state index contributed by atoms with van der Waals surface area (Å²) in [5, 5.41) is 8.74. The van der Waals surface area contributed by atoms with Gasteiger partial charge in [-0.15, -0.1) is 0 Å². The Balaban J connectivity index is 2.16. The summed E-state index contributed by atoms with van der Waals surface area (Å²) < 4.78 is 0. The largest absolute Gasteiger partial charge is 0.476 e. The lowest BCUT2D eigenvalue weighted by atomic mass is 10.0. The minimum absolute atomic E-state index is 0.0193. The number of nitrogens with zero attached hydrogens (tertiary/aromatic N) is 3. The fraction of sp³-hybridized carbons (Fsp3) is 0.417. The SMILES string of the molecule is CC1=C(C)CN(c2cnc(C(=O)O)cn2)CC1. The van der Waals surface area contributed by atoms with Gasteiger partial charge in [-0.05, 0) is 20.3 Å². The molecule has 0 saturated heterocycles. The highest BCUT2D eigenvalue weighted by Gasteiger charge is 2.16. The fourth-order valence-electron chi connectivity index (χ4n) is 1.81. The highest BCUT2D eigenvalue weighted by Crippen LogP contribution is 2.20. The van der Waals surface area contributed by atoms with Crippen molar-refractivity contribution in [3.63, 3.8) is 0 Å². The topological polar surface area (TPSA) is 66.3 Å². The first-order valence-corrected chi connectivity index (χ1v) is 5.53. The minimum atomic E-state index is -1.05. The second-order valence-corrected chi connectivity index (χ2v) is 4.30. The van der Waals surface area contributed by atoms with E-state index in [4.69, 9.17) is 5.11 Å². The van der Waals surface area contributed by atoms with Gasteiger partial charge in [0, 0.05) is 13.1 Å². The molecule has 1 aromatic rings. The summed E-state index contributed by atoms with van der Waals surface area (Å²) in [6.07, 6.45) is 3.85. The van der Waals surface area contributed by atoms with E-state index in [9.17, 15) is 4.79 Å². The molecule has 1 aromatic heterocycles. The number of aromatic nitrogens is 2. The fourth-order valence-corrected chi connectivity index (χ4v) is 1.81. The van der Waals surface area contributed by atoms with Crippen LogP contribution in [0.3, 0.4) is 0 Å². The number of rotatable bonds is 2. The van der Waals surface area contributed by atoms with Crippen LogP contribution in [0.1, 0.15) is 30.8 Å². The highest BCUT2D eigenvalue weighted by atomic mass is 16.4. The molecule has 90 valence electrons. The van der Waals surface area contributed by atoms with Gasteiger partial charge in [-0.1, -0.05) is 11.1 Å². The molecule has 0 atom stereocenters. The van der Waals surface area contributed by atoms with Crippen LogP contribution in [0.4, 0.5) is 5.82 Å². The maximum atomic E-state index is 10.7. The first-order chi connectivity index (χ1) is 8.08. The Kier molecular flexibility index (Phi) is 3.08. The Morgan fingerprint density at radius 3 is 2.59 bits per heavy atom. The average Bonchev–Trinajstić information content (AvgIpc) is 2.33. The summed E-state index contributed by atoms with van der Waals surface area (Å²) >= 11 is 0. The second-order valence-electron chi connectivity index (χ2n) is 4.30. The molecule has 17 heavy (non-hydrogen) atoms. The Morgan fingerprint density at radius 1 is 1.29 bits per heavy atom. The quantitative estimate of drug-likeness (QED) is 0.788. The predicted molar refractivity (Wildman–Crippen MR) is 64.2 cm³/mol. The van der Waals surface area contributed by atoms with Gasteiger partial charge in [0.2, 0.25) is 0 Å². The van der Waals surface area contributed by atoms with E-state index in [1.807, 2.05) is 0 Å². The normalized spacial score (nSPS) is 16.2. The molecule has 0 spiro atoms. The maximum absolute atomic E-state index is 10.7. The molecule has 0 amide bonds. The lowest BCUT2D eigenvalue weighted by Gasteiger charge is -2.29. The lowest BCUT2D eigenvalue weighted by molar-refractivity contribution is 0.0690. The van der Waals surface area contributed by atoms with Crippen LogP contribution in [0.25, 0.3) is 0 Å². The molecule has 5 nitrogen and oxygen atoms in total. The van der Waals surface area contributed by atoms with Crippen molar-refractivity contribution in [2.75, 3.05) is 18.0 Å². The number of carboxylic acids is 1. The summed E-state index contributed by atoms with van der Waals surface area (Å²) in [4.78, 5) is 20.8. The van der Waals surface area contributed by atoms with Gasteiger partial charge in [-0.3, -0.25) is 0 Å². The van der Waals surface area contributed by atoms with Crippen LogP contribution < -0.4 is 4.90 Å². The molecule has 0 unspecified atom stereocenters. The number of anilines is 1. The standard InChI is InChI=1S/C12H15N3O2/c1-8-3-4-15(7-9(8)2)11-6-13-10(5-14-11)12(16)17/h5-6H,3-4,7H2,1-2H3,(H,16,17). The van der Waals surface area contributed by atoms with Crippen LogP contribution in [0.2, 0.25) is 0 Å². The van der Waals surface area contributed by atoms with Crippen LogP contribution in [0.15, 0.2) is 23.5 Å². The van der Waals surface area contributed by atoms with Gasteiger partial charge in [0.05, 0.1) is 12.4 Å². The van der Waals surface area contributed by atoms with Gasteiger partial charge >= 0.3 is 5.97 Å². The van der Waals surface area contributed by atoms with Crippen molar-refractivity contribution in [3.8, 4) is 0 Å². The van der Waals surface area contributed by atoms with Crippen molar-refractivity contribution < 1.29 is 9.90 Å². The molecule has 5 heteroatoms. The summed E-state index contributed by atoms with van der Waals surface area (Å²) in [6, 6.07) is 0. The Hall–Kier alpha value is -1.91. The van der Waals surface area contributed by atoms with Gasteiger partial charge in [-0.25, -0.2) is 14.8 Å². The molecule has 0 aliphatic carbocycles. The monoisotopic (exact) mass is 233 g/mol. The van der Waals surface area contributed by atoms with Crippen molar-refractivity contribution >= 4 is 11.8 Å². The average molecular weight is 233 g/mol. The van der Waals surface area contributed by atoms with Gasteiger partial charge in [0.15, 0.2) is 5.69 Å². The molecule has 0 bridgehead atoms. The smallest absolute Gasteiger partial charge is 0.356 e. The zero-order valence-corrected chi connectivity index (χ0v) is 9.97. The van der Waals surface area contributed by atoms with Gasteiger partial charge in [-0.2, -0.15) is 0 Å². The third-order valence-electron chi connectivity index (χ3n) is 3.09. The molecule has 1 N–H and O–H groups in total. The molecule has 2 rings (SSSR count). The zero-order valence-electron chi connectivity index (χ0n) is 9.97. The first-order valence-electron chi connectivity index (χ1n) is 5.53. The molecule has 0 saturated carbocycles. The molecule has 0 aromatic carbocycles. The summed E-state index contributed by atoms with van der Waals surface area (Å²) in [7, 11) is 0. The van der Waals surface area contributed by atoms with Gasteiger partial charge in [0.25, 0.3) is 0 Å². The second kappa shape index (κ2) is 4.53. The molecule has 0 fully saturated rings. The number of carboxylic acid groups (broad SMARTS) is 1. The van der Waals surface area contributed by atoms with E-state index >= 15 is 0 Å². The Morgan fingerprint density at radius 2 is 2.06 bits per heavy atom. The van der Waals surface area contributed by atoms with E-state index in [0.717, 1.165) is 25.3 Å². The van der Waals surface area contributed by atoms with Crippen molar-refractivity contribution in [3.05, 3.63) is 29.2 Å². The molecular formula is C12H15N3O2. The highest BCUT2D eigenvalue weighted by molar-refractivity contribution is 5.84. The van der Waals surface area contributed by atoms with E-state index < -0.39 is 5.97 Å². The lowest BCUT2D eigenvalue weighted by Crippen LogP contribution is -2.31. The summed E-state index contributed by atoms with van der Waals surface area (Å²) in [5.41, 5.74) is 2.76. The number of hydrogen-bond acceptors (Lipinski definition) is 4. The van der Waals surface area contributed by atoms with Crippen molar-refractivity contribution in [2.45, 2.75) is 20.3 Å². The number of hydrogen-bond donors (Lipinski definition) is 1. The van der Waals surface area contributed by atoms with Crippen molar-refractivity contribution in [1.29, 1.82) is 0 Å². The molecule has 1 aliphatic heterocycles. The summed E-state index contributed by atoms with van der Waals surface area (Å²) in [5.74, 6) is -0.309. The van der Waals surface area contributed by atoms with E-state index in [-0.39, 0.29) is 5.69 Å². The van der Waals surface area contributed by atoms with E-state index in [1.54, 1.807) is 0 Å². The van der Waals surface area contributed by atoms with Crippen LogP contribution in [-0.4, -0.2) is 34.1 Å². The Labute approximate surface area is 99.8 Å². The van der Waals surface area contributed by atoms with Gasteiger partial charge < -0.3 is 10.0 Å². The predicted octanol–water partition coefficient (Wildman–Crippen LogP) is 1.72. The molecule has 0 radical (unpaired) electrons. The number of carbonyl (C=O) groups is 1. The van der Waals surface area contributed by atoms with Crippen molar-refractivity contribution in [2.24, 2.45) is 0 Å². The van der Waals surface area contributed by atoms with Gasteiger partial charge in [0.1, 0.15) is 5.82 Å².